The van der Waals surface area contributed by atoms with Gasteiger partial charge in [-0.3, -0.25) is 0 Å². The molecule has 2 heterocycles. The van der Waals surface area contributed by atoms with Crippen molar-refractivity contribution >= 4 is 11.9 Å². The monoisotopic (exact) mass is 292 g/mol. The average molecular weight is 292 g/mol. The fourth-order valence-electron chi connectivity index (χ4n) is 2.96. The number of anilines is 1. The Morgan fingerprint density at radius 3 is 2.67 bits per heavy atom. The van der Waals surface area contributed by atoms with E-state index in [1.165, 1.54) is 0 Å². The second kappa shape index (κ2) is 5.85. The predicted octanol–water partition coefficient (Wildman–Crippen LogP) is 0.951. The number of rotatable bonds is 3. The Balaban J connectivity index is 1.60. The molecule has 1 saturated carbocycles. The second-order valence-corrected chi connectivity index (χ2v) is 5.81. The van der Waals surface area contributed by atoms with Crippen LogP contribution in [0.25, 0.3) is 0 Å². The number of nitrogens with one attached hydrogen (secondary N) is 1. The van der Waals surface area contributed by atoms with Crippen LogP contribution in [0, 0.1) is 0 Å². The molecule has 0 spiro atoms. The smallest absolute Gasteiger partial charge is 0.404 e. The molecule has 21 heavy (non-hydrogen) atoms. The summed E-state index contributed by atoms with van der Waals surface area (Å²) in [5.41, 5.74) is 0. The lowest BCUT2D eigenvalue weighted by molar-refractivity contribution is 0.0716. The summed E-state index contributed by atoms with van der Waals surface area (Å²) in [5, 5.41) is 20.6. The summed E-state index contributed by atoms with van der Waals surface area (Å²) < 4.78 is 0. The third-order valence-electron chi connectivity index (χ3n) is 4.28. The topological polar surface area (TPSA) is 98.6 Å². The number of hydrogen-bond donors (Lipinski definition) is 3. The van der Waals surface area contributed by atoms with Crippen molar-refractivity contribution in [2.75, 3.05) is 18.0 Å². The van der Waals surface area contributed by atoms with Crippen molar-refractivity contribution in [3.8, 4) is 0 Å². The number of carbonyl (C=O) groups is 1. The van der Waals surface area contributed by atoms with Gasteiger partial charge in [-0.2, -0.15) is 0 Å². The SMILES string of the molecule is O=C(O)NC1CCN(c2ccnc(C3CC(O)C3)n2)CC1. The third kappa shape index (κ3) is 3.24. The number of aliphatic hydroxyl groups excluding tert-OH is 1. The van der Waals surface area contributed by atoms with Gasteiger partial charge in [-0.25, -0.2) is 14.8 Å². The molecular formula is C14H20N4O3. The van der Waals surface area contributed by atoms with Crippen LogP contribution in [0.15, 0.2) is 12.3 Å². The summed E-state index contributed by atoms with van der Waals surface area (Å²) in [5.74, 6) is 1.98. The van der Waals surface area contributed by atoms with Gasteiger partial charge in [0.2, 0.25) is 0 Å². The quantitative estimate of drug-likeness (QED) is 0.767. The first-order valence-electron chi connectivity index (χ1n) is 7.37. The van der Waals surface area contributed by atoms with Gasteiger partial charge < -0.3 is 20.4 Å². The van der Waals surface area contributed by atoms with E-state index in [0.717, 1.165) is 50.4 Å². The van der Waals surface area contributed by atoms with Crippen LogP contribution >= 0.6 is 0 Å². The molecule has 2 aliphatic rings. The van der Waals surface area contributed by atoms with Crippen molar-refractivity contribution in [3.63, 3.8) is 0 Å². The first kappa shape index (κ1) is 14.1. The largest absolute Gasteiger partial charge is 0.465 e. The van der Waals surface area contributed by atoms with Gasteiger partial charge in [0.05, 0.1) is 6.10 Å². The highest BCUT2D eigenvalue weighted by atomic mass is 16.4. The maximum atomic E-state index is 10.6. The number of amides is 1. The molecule has 0 atom stereocenters. The highest BCUT2D eigenvalue weighted by Crippen LogP contribution is 2.35. The van der Waals surface area contributed by atoms with Crippen LogP contribution in [0.3, 0.4) is 0 Å². The number of nitrogens with zero attached hydrogens (tertiary/aromatic N) is 3. The number of aromatic nitrogens is 2. The van der Waals surface area contributed by atoms with E-state index in [-0.39, 0.29) is 18.1 Å². The van der Waals surface area contributed by atoms with Crippen LogP contribution in [0.2, 0.25) is 0 Å². The molecule has 1 aliphatic carbocycles. The van der Waals surface area contributed by atoms with Gasteiger partial charge in [-0.15, -0.1) is 0 Å². The van der Waals surface area contributed by atoms with E-state index < -0.39 is 6.09 Å². The van der Waals surface area contributed by atoms with Crippen molar-refractivity contribution in [2.24, 2.45) is 0 Å². The summed E-state index contributed by atoms with van der Waals surface area (Å²) in [7, 11) is 0. The molecular weight excluding hydrogens is 272 g/mol. The van der Waals surface area contributed by atoms with E-state index in [1.54, 1.807) is 6.20 Å². The molecule has 3 N–H and O–H groups in total. The molecule has 1 aliphatic heterocycles. The van der Waals surface area contributed by atoms with Crippen LogP contribution in [0.4, 0.5) is 10.6 Å². The minimum atomic E-state index is -0.957. The zero-order valence-electron chi connectivity index (χ0n) is 11.8. The third-order valence-corrected chi connectivity index (χ3v) is 4.28. The predicted molar refractivity (Wildman–Crippen MR) is 76.4 cm³/mol. The molecule has 2 fully saturated rings. The van der Waals surface area contributed by atoms with Gasteiger partial charge in [0, 0.05) is 31.2 Å². The number of piperidine rings is 1. The van der Waals surface area contributed by atoms with E-state index >= 15 is 0 Å². The van der Waals surface area contributed by atoms with Crippen LogP contribution in [0.1, 0.15) is 37.4 Å². The van der Waals surface area contributed by atoms with E-state index in [2.05, 4.69) is 20.2 Å². The molecule has 0 aromatic carbocycles. The Hall–Kier alpha value is -1.89. The fourth-order valence-corrected chi connectivity index (χ4v) is 2.96. The first-order chi connectivity index (χ1) is 10.1. The Morgan fingerprint density at radius 2 is 2.05 bits per heavy atom. The number of carboxylic acid groups (broad SMARTS) is 1. The zero-order chi connectivity index (χ0) is 14.8. The van der Waals surface area contributed by atoms with E-state index in [0.29, 0.717) is 0 Å². The molecule has 1 amide bonds. The van der Waals surface area contributed by atoms with E-state index in [1.807, 2.05) is 6.07 Å². The van der Waals surface area contributed by atoms with Crippen LogP contribution < -0.4 is 10.2 Å². The maximum Gasteiger partial charge on any atom is 0.404 e. The molecule has 7 nitrogen and oxygen atoms in total. The minimum Gasteiger partial charge on any atom is -0.465 e. The van der Waals surface area contributed by atoms with Crippen molar-refractivity contribution in [2.45, 2.75) is 43.7 Å². The van der Waals surface area contributed by atoms with Crippen LogP contribution in [0.5, 0.6) is 0 Å². The highest BCUT2D eigenvalue weighted by molar-refractivity contribution is 5.64. The molecule has 0 unspecified atom stereocenters. The van der Waals surface area contributed by atoms with Crippen LogP contribution in [-0.2, 0) is 0 Å². The van der Waals surface area contributed by atoms with Crippen molar-refractivity contribution < 1.29 is 15.0 Å². The summed E-state index contributed by atoms with van der Waals surface area (Å²) in [6.45, 7) is 1.57. The average Bonchev–Trinajstić information content (AvgIpc) is 2.44. The van der Waals surface area contributed by atoms with Crippen molar-refractivity contribution in [1.29, 1.82) is 0 Å². The van der Waals surface area contributed by atoms with Crippen LogP contribution in [-0.4, -0.2) is 51.5 Å². The lowest BCUT2D eigenvalue weighted by Crippen LogP contribution is -2.44. The Bertz CT molecular complexity index is 511. The fraction of sp³-hybridized carbons (Fsp3) is 0.643. The summed E-state index contributed by atoms with van der Waals surface area (Å²) in [6.07, 6.45) is 3.66. The van der Waals surface area contributed by atoms with Gasteiger partial charge in [-0.1, -0.05) is 0 Å². The highest BCUT2D eigenvalue weighted by Gasteiger charge is 2.31. The molecule has 114 valence electrons. The minimum absolute atomic E-state index is 0.0295. The standard InChI is InChI=1S/C14H20N4O3/c19-11-7-9(8-11)13-15-4-1-12(17-13)18-5-2-10(3-6-18)16-14(20)21/h1,4,9-11,16,19H,2-3,5-8H2,(H,20,21). The number of hydrogen-bond acceptors (Lipinski definition) is 5. The van der Waals surface area contributed by atoms with Gasteiger partial charge in [0.25, 0.3) is 0 Å². The van der Waals surface area contributed by atoms with Gasteiger partial charge >= 0.3 is 6.09 Å². The lowest BCUT2D eigenvalue weighted by atomic mass is 9.82. The summed E-state index contributed by atoms with van der Waals surface area (Å²) >= 11 is 0. The summed E-state index contributed by atoms with van der Waals surface area (Å²) in [6, 6.07) is 1.92. The molecule has 0 radical (unpaired) electrons. The molecule has 1 aromatic rings. The zero-order valence-corrected chi connectivity index (χ0v) is 11.8. The van der Waals surface area contributed by atoms with Gasteiger partial charge in [-0.05, 0) is 31.7 Å². The lowest BCUT2D eigenvalue weighted by Gasteiger charge is -2.34. The Morgan fingerprint density at radius 1 is 1.33 bits per heavy atom. The Kier molecular flexibility index (Phi) is 3.92. The number of aliphatic hydroxyl groups is 1. The molecule has 1 saturated heterocycles. The van der Waals surface area contributed by atoms with Gasteiger partial charge in [0.1, 0.15) is 11.6 Å². The van der Waals surface area contributed by atoms with Gasteiger partial charge in [0.15, 0.2) is 0 Å². The van der Waals surface area contributed by atoms with E-state index in [9.17, 15) is 9.90 Å². The molecule has 7 heteroatoms. The van der Waals surface area contributed by atoms with Crippen molar-refractivity contribution in [1.82, 2.24) is 15.3 Å². The van der Waals surface area contributed by atoms with Crippen molar-refractivity contribution in [3.05, 3.63) is 18.1 Å². The Labute approximate surface area is 123 Å². The summed E-state index contributed by atoms with van der Waals surface area (Å²) in [4.78, 5) is 21.7. The normalized spacial score (nSPS) is 26.2. The maximum absolute atomic E-state index is 10.6. The second-order valence-electron chi connectivity index (χ2n) is 5.81. The molecule has 3 rings (SSSR count). The van der Waals surface area contributed by atoms with E-state index in [4.69, 9.17) is 5.11 Å². The first-order valence-corrected chi connectivity index (χ1v) is 7.37. The molecule has 1 aromatic heterocycles. The molecule has 0 bridgehead atoms.